The van der Waals surface area contributed by atoms with Gasteiger partial charge in [0, 0.05) is 45.1 Å². The van der Waals surface area contributed by atoms with E-state index in [1.165, 1.54) is 31.3 Å². The van der Waals surface area contributed by atoms with Crippen LogP contribution in [0.3, 0.4) is 0 Å². The average Bonchev–Trinajstić information content (AvgIpc) is 2.85. The van der Waals surface area contributed by atoms with Crippen LogP contribution in [0.5, 0.6) is 0 Å². The number of hydrogen-bond acceptors (Lipinski definition) is 6. The van der Waals surface area contributed by atoms with Crippen molar-refractivity contribution in [3.63, 3.8) is 0 Å². The van der Waals surface area contributed by atoms with E-state index in [4.69, 9.17) is 14.2 Å². The van der Waals surface area contributed by atoms with Crippen molar-refractivity contribution in [2.75, 3.05) is 67.2 Å². The fraction of sp³-hybridized carbons (Fsp3) is 0.774. The topological polar surface area (TPSA) is 51.2 Å². The zero-order chi connectivity index (χ0) is 33.3. The van der Waals surface area contributed by atoms with Crippen LogP contribution in [0.2, 0.25) is 0 Å². The van der Waals surface area contributed by atoms with Gasteiger partial charge >= 0.3 is 18.3 Å². The Morgan fingerprint density at radius 2 is 1.64 bits per heavy atom. The van der Waals surface area contributed by atoms with Crippen molar-refractivity contribution in [3.8, 4) is 0 Å². The van der Waals surface area contributed by atoms with Gasteiger partial charge in [0.2, 0.25) is 0 Å². The molecule has 1 aliphatic rings. The molecule has 2 atom stereocenters. The summed E-state index contributed by atoms with van der Waals surface area (Å²) in [7, 11) is 4.74. The number of esters is 1. The van der Waals surface area contributed by atoms with Gasteiger partial charge in [-0.05, 0) is 68.6 Å². The summed E-state index contributed by atoms with van der Waals surface area (Å²) < 4.78 is 110. The fourth-order valence-electron chi connectivity index (χ4n) is 6.61. The van der Waals surface area contributed by atoms with Gasteiger partial charge in [-0.25, -0.2) is 4.39 Å². The molecule has 0 saturated carbocycles. The molecule has 0 spiro atoms. The molecule has 1 aromatic carbocycles. The number of rotatable bonds is 17. The van der Waals surface area contributed by atoms with E-state index in [2.05, 4.69) is 0 Å². The Hall–Kier alpha value is -1.96. The van der Waals surface area contributed by atoms with E-state index in [1.54, 1.807) is 20.0 Å². The maximum Gasteiger partial charge on any atom is 0.401 e. The van der Waals surface area contributed by atoms with Crippen molar-refractivity contribution in [1.29, 1.82) is 0 Å². The zero-order valence-electron chi connectivity index (χ0n) is 26.5. The Morgan fingerprint density at radius 1 is 1.00 bits per heavy atom. The summed E-state index contributed by atoms with van der Waals surface area (Å²) in [5.74, 6) is -2.40. The van der Waals surface area contributed by atoms with Crippen LogP contribution < -0.4 is 0 Å². The molecule has 0 aromatic heterocycles. The molecule has 0 amide bonds. The molecule has 13 heteroatoms. The third-order valence-corrected chi connectivity index (χ3v) is 8.08. The van der Waals surface area contributed by atoms with Crippen LogP contribution in [0.15, 0.2) is 18.2 Å². The highest BCUT2D eigenvalue weighted by Gasteiger charge is 2.49. The summed E-state index contributed by atoms with van der Waals surface area (Å²) >= 11 is 0. The smallest absolute Gasteiger partial charge is 0.401 e. The molecule has 1 aromatic rings. The van der Waals surface area contributed by atoms with Crippen molar-refractivity contribution >= 4 is 5.97 Å². The summed E-state index contributed by atoms with van der Waals surface area (Å²) in [4.78, 5) is 15.8. The molecule has 0 saturated heterocycles. The van der Waals surface area contributed by atoms with Crippen molar-refractivity contribution in [2.24, 2.45) is 11.3 Å². The Labute approximate surface area is 256 Å². The van der Waals surface area contributed by atoms with Crippen molar-refractivity contribution in [1.82, 2.24) is 9.80 Å². The number of fused-ring (bicyclic) bond motifs is 1. The number of ether oxygens (including phenoxy) is 3. The third kappa shape index (κ3) is 12.1. The standard InChI is InChI=1S/C31H47F7N2O4/c1-22(2)27-25-9-8-24(32)16-23(25)10-11-29(27,44-26(41)17-30(33,34)35)12-15-39(4)13-7-14-40(19-31(36,37)38)18-28(3,20-42-5)21-43-6/h8-9,16,22,27H,7,10-15,17-21H2,1-6H3/t27-,29-/m0/s1. The fourth-order valence-corrected chi connectivity index (χ4v) is 6.61. The average molecular weight is 645 g/mol. The number of nitrogens with zero attached hydrogens (tertiary/aromatic N) is 2. The van der Waals surface area contributed by atoms with Crippen LogP contribution in [0.1, 0.15) is 63.5 Å². The number of carbonyl (C=O) groups is 1. The summed E-state index contributed by atoms with van der Waals surface area (Å²) in [6.07, 6.45) is -9.70. The van der Waals surface area contributed by atoms with E-state index in [-0.39, 0.29) is 45.1 Å². The van der Waals surface area contributed by atoms with Crippen molar-refractivity contribution in [2.45, 2.75) is 76.7 Å². The maximum absolute atomic E-state index is 14.0. The van der Waals surface area contributed by atoms with Crippen LogP contribution in [0.4, 0.5) is 30.7 Å². The second-order valence-electron chi connectivity index (χ2n) is 12.8. The van der Waals surface area contributed by atoms with E-state index >= 15 is 0 Å². The molecule has 44 heavy (non-hydrogen) atoms. The number of hydrogen-bond donors (Lipinski definition) is 0. The first-order valence-corrected chi connectivity index (χ1v) is 14.8. The van der Waals surface area contributed by atoms with Crippen molar-refractivity contribution < 1.29 is 49.7 Å². The van der Waals surface area contributed by atoms with E-state index in [9.17, 15) is 35.5 Å². The SMILES string of the molecule is COCC(C)(COC)CN(CCCN(C)CC[C@@]1(OC(=O)CC(F)(F)F)CCc2cc(F)ccc2[C@@H]1C(C)C)CC(F)(F)F. The van der Waals surface area contributed by atoms with E-state index < -0.39 is 54.0 Å². The lowest BCUT2D eigenvalue weighted by Crippen LogP contribution is -2.49. The number of halogens is 7. The first-order chi connectivity index (χ1) is 20.3. The first-order valence-electron chi connectivity index (χ1n) is 14.8. The largest absolute Gasteiger partial charge is 0.458 e. The number of benzene rings is 1. The summed E-state index contributed by atoms with van der Waals surface area (Å²) in [6, 6.07) is 4.32. The summed E-state index contributed by atoms with van der Waals surface area (Å²) in [5, 5.41) is 0. The highest BCUT2D eigenvalue weighted by Crippen LogP contribution is 2.48. The van der Waals surface area contributed by atoms with Crippen LogP contribution >= 0.6 is 0 Å². The second-order valence-corrected chi connectivity index (χ2v) is 12.8. The van der Waals surface area contributed by atoms with Gasteiger partial charge in [-0.1, -0.05) is 26.8 Å². The van der Waals surface area contributed by atoms with E-state index in [0.29, 0.717) is 25.9 Å². The van der Waals surface area contributed by atoms with Gasteiger partial charge in [0.05, 0.1) is 19.8 Å². The van der Waals surface area contributed by atoms with Crippen LogP contribution in [0, 0.1) is 17.2 Å². The minimum absolute atomic E-state index is 0.103. The zero-order valence-corrected chi connectivity index (χ0v) is 26.5. The molecular formula is C31H47F7N2O4. The lowest BCUT2D eigenvalue weighted by atomic mass is 9.65. The Bertz CT molecular complexity index is 1040. The lowest BCUT2D eigenvalue weighted by molar-refractivity contribution is -0.189. The highest BCUT2D eigenvalue weighted by atomic mass is 19.4. The molecule has 0 heterocycles. The van der Waals surface area contributed by atoms with Gasteiger partial charge in [0.15, 0.2) is 0 Å². The molecule has 254 valence electrons. The molecule has 0 radical (unpaired) electrons. The monoisotopic (exact) mass is 644 g/mol. The van der Waals surface area contributed by atoms with Gasteiger partial charge in [-0.3, -0.25) is 9.69 Å². The quantitative estimate of drug-likeness (QED) is 0.140. The lowest BCUT2D eigenvalue weighted by Gasteiger charge is -2.47. The minimum atomic E-state index is -4.73. The maximum atomic E-state index is 14.0. The Balaban J connectivity index is 2.19. The number of alkyl halides is 6. The van der Waals surface area contributed by atoms with Gasteiger partial charge < -0.3 is 19.1 Å². The predicted molar refractivity (Wildman–Crippen MR) is 153 cm³/mol. The molecule has 0 N–H and O–H groups in total. The minimum Gasteiger partial charge on any atom is -0.458 e. The molecule has 0 unspecified atom stereocenters. The summed E-state index contributed by atoms with van der Waals surface area (Å²) in [6.45, 7) is 5.89. The highest BCUT2D eigenvalue weighted by molar-refractivity contribution is 5.71. The summed E-state index contributed by atoms with van der Waals surface area (Å²) in [5.41, 5.74) is -0.439. The Kier molecular flexibility index (Phi) is 13.9. The second kappa shape index (κ2) is 16.0. The van der Waals surface area contributed by atoms with Gasteiger partial charge in [0.1, 0.15) is 17.8 Å². The molecule has 6 nitrogen and oxygen atoms in total. The number of methoxy groups -OCH3 is 2. The molecule has 0 aliphatic heterocycles. The molecule has 0 bridgehead atoms. The van der Waals surface area contributed by atoms with Gasteiger partial charge in [0.25, 0.3) is 0 Å². The van der Waals surface area contributed by atoms with Gasteiger partial charge in [-0.2, -0.15) is 26.3 Å². The number of carbonyl (C=O) groups excluding carboxylic acids is 1. The molecule has 2 rings (SSSR count). The molecule has 1 aliphatic carbocycles. The van der Waals surface area contributed by atoms with Crippen LogP contribution in [-0.2, 0) is 25.4 Å². The third-order valence-electron chi connectivity index (χ3n) is 8.08. The molecule has 0 fully saturated rings. The first kappa shape index (κ1) is 38.2. The molecular weight excluding hydrogens is 597 g/mol. The Morgan fingerprint density at radius 3 is 2.18 bits per heavy atom. The normalized spacial score (nSPS) is 19.6. The van der Waals surface area contributed by atoms with Crippen LogP contribution in [0.25, 0.3) is 0 Å². The van der Waals surface area contributed by atoms with Crippen LogP contribution in [-0.4, -0.2) is 101 Å². The van der Waals surface area contributed by atoms with Crippen molar-refractivity contribution in [3.05, 3.63) is 35.1 Å². The predicted octanol–water partition coefficient (Wildman–Crippen LogP) is 6.62. The van der Waals surface area contributed by atoms with Gasteiger partial charge in [-0.15, -0.1) is 0 Å². The van der Waals surface area contributed by atoms with E-state index in [0.717, 1.165) is 11.1 Å². The number of aryl methyl sites for hydroxylation is 1. The van der Waals surface area contributed by atoms with E-state index in [1.807, 2.05) is 18.7 Å².